The second-order valence-corrected chi connectivity index (χ2v) is 8.31. The van der Waals surface area contributed by atoms with Gasteiger partial charge in [0.2, 0.25) is 15.9 Å². The average Bonchev–Trinajstić information content (AvgIpc) is 2.66. The molecular formula is C19H20F2N2O3S. The van der Waals surface area contributed by atoms with Gasteiger partial charge in [0.1, 0.15) is 11.6 Å². The molecule has 0 atom stereocenters. The predicted octanol–water partition coefficient (Wildman–Crippen LogP) is 2.43. The van der Waals surface area contributed by atoms with Crippen molar-refractivity contribution in [1.82, 2.24) is 9.21 Å². The Hall–Kier alpha value is -2.32. The molecule has 0 bridgehead atoms. The summed E-state index contributed by atoms with van der Waals surface area (Å²) in [4.78, 5) is 13.9. The van der Waals surface area contributed by atoms with Crippen molar-refractivity contribution in [2.24, 2.45) is 0 Å². The molecule has 1 fully saturated rings. The van der Waals surface area contributed by atoms with Gasteiger partial charge in [-0.1, -0.05) is 18.2 Å². The predicted molar refractivity (Wildman–Crippen MR) is 96.5 cm³/mol. The molecule has 1 aliphatic rings. The minimum Gasteiger partial charge on any atom is -0.340 e. The maximum Gasteiger partial charge on any atom is 0.243 e. The van der Waals surface area contributed by atoms with Gasteiger partial charge in [-0.05, 0) is 42.3 Å². The third-order valence-electron chi connectivity index (χ3n) is 4.54. The van der Waals surface area contributed by atoms with Crippen molar-refractivity contribution in [1.29, 1.82) is 0 Å². The molecule has 8 heteroatoms. The maximum atomic E-state index is 13.3. The summed E-state index contributed by atoms with van der Waals surface area (Å²) in [6.07, 6.45) is 0.665. The topological polar surface area (TPSA) is 57.7 Å². The molecule has 0 unspecified atom stereocenters. The summed E-state index contributed by atoms with van der Waals surface area (Å²) in [6, 6.07) is 11.0. The molecule has 1 heterocycles. The van der Waals surface area contributed by atoms with E-state index >= 15 is 0 Å². The highest BCUT2D eigenvalue weighted by molar-refractivity contribution is 7.89. The van der Waals surface area contributed by atoms with Gasteiger partial charge in [-0.2, -0.15) is 4.31 Å². The smallest absolute Gasteiger partial charge is 0.243 e. The number of nitrogens with zero attached hydrogens (tertiary/aromatic N) is 2. The molecule has 144 valence electrons. The molecular weight excluding hydrogens is 374 g/mol. The lowest BCUT2D eigenvalue weighted by molar-refractivity contribution is -0.132. The van der Waals surface area contributed by atoms with Crippen LogP contribution in [0.5, 0.6) is 0 Å². The lowest BCUT2D eigenvalue weighted by Crippen LogP contribution is -2.50. The van der Waals surface area contributed by atoms with Crippen LogP contribution in [0.4, 0.5) is 8.78 Å². The number of hydrogen-bond acceptors (Lipinski definition) is 3. The quantitative estimate of drug-likeness (QED) is 0.783. The first kappa shape index (κ1) is 19.4. The van der Waals surface area contributed by atoms with Crippen molar-refractivity contribution < 1.29 is 22.0 Å². The normalized spacial score (nSPS) is 15.7. The molecule has 27 heavy (non-hydrogen) atoms. The van der Waals surface area contributed by atoms with Gasteiger partial charge >= 0.3 is 0 Å². The Morgan fingerprint density at radius 2 is 1.56 bits per heavy atom. The molecule has 0 aliphatic carbocycles. The highest BCUT2D eigenvalue weighted by atomic mass is 32.2. The first-order valence-corrected chi connectivity index (χ1v) is 10.1. The Morgan fingerprint density at radius 1 is 0.926 bits per heavy atom. The van der Waals surface area contributed by atoms with Crippen LogP contribution >= 0.6 is 0 Å². The van der Waals surface area contributed by atoms with Gasteiger partial charge in [-0.3, -0.25) is 4.79 Å². The van der Waals surface area contributed by atoms with Crippen molar-refractivity contribution in [2.45, 2.75) is 17.7 Å². The van der Waals surface area contributed by atoms with Crippen LogP contribution in [-0.4, -0.2) is 49.7 Å². The fourth-order valence-corrected chi connectivity index (χ4v) is 4.51. The summed E-state index contributed by atoms with van der Waals surface area (Å²) < 4.78 is 52.9. The third kappa shape index (κ3) is 4.70. The van der Waals surface area contributed by atoms with Crippen molar-refractivity contribution >= 4 is 15.9 Å². The van der Waals surface area contributed by atoms with Gasteiger partial charge in [0.05, 0.1) is 4.90 Å². The molecule has 5 nitrogen and oxygen atoms in total. The van der Waals surface area contributed by atoms with Crippen LogP contribution in [-0.2, 0) is 21.2 Å². The highest BCUT2D eigenvalue weighted by Crippen LogP contribution is 2.19. The standard InChI is InChI=1S/C19H20F2N2O3S/c20-16-4-1-3-15(13-16)7-8-19(24)22-9-11-23(12-10-22)27(25,26)18-6-2-5-17(21)14-18/h1-6,13-14H,7-12H2. The Morgan fingerprint density at radius 3 is 2.19 bits per heavy atom. The highest BCUT2D eigenvalue weighted by Gasteiger charge is 2.30. The lowest BCUT2D eigenvalue weighted by atomic mass is 10.1. The van der Waals surface area contributed by atoms with Gasteiger partial charge in [0, 0.05) is 32.6 Å². The SMILES string of the molecule is O=C(CCc1cccc(F)c1)N1CCN(S(=O)(=O)c2cccc(F)c2)CC1. The number of halogens is 2. The van der Waals surface area contributed by atoms with E-state index < -0.39 is 15.8 Å². The minimum absolute atomic E-state index is 0.0895. The Bertz CT molecular complexity index is 926. The number of aryl methyl sites for hydroxylation is 1. The molecule has 1 aliphatic heterocycles. The van der Waals surface area contributed by atoms with Crippen LogP contribution < -0.4 is 0 Å². The van der Waals surface area contributed by atoms with Crippen LogP contribution in [0.3, 0.4) is 0 Å². The molecule has 0 aromatic heterocycles. The molecule has 0 radical (unpaired) electrons. The minimum atomic E-state index is -3.78. The molecule has 3 rings (SSSR count). The van der Waals surface area contributed by atoms with Crippen molar-refractivity contribution in [3.8, 4) is 0 Å². The molecule has 0 spiro atoms. The van der Waals surface area contributed by atoms with E-state index in [1.165, 1.54) is 34.6 Å². The summed E-state index contributed by atoms with van der Waals surface area (Å²) in [5.41, 5.74) is 0.746. The first-order chi connectivity index (χ1) is 12.9. The number of amides is 1. The second kappa shape index (κ2) is 8.14. The van der Waals surface area contributed by atoms with E-state index in [9.17, 15) is 22.0 Å². The molecule has 2 aromatic carbocycles. The maximum absolute atomic E-state index is 13.3. The van der Waals surface area contributed by atoms with Crippen molar-refractivity contribution in [3.63, 3.8) is 0 Å². The Balaban J connectivity index is 1.56. The number of carbonyl (C=O) groups is 1. The van der Waals surface area contributed by atoms with Crippen molar-refractivity contribution in [3.05, 3.63) is 65.7 Å². The van der Waals surface area contributed by atoms with Crippen LogP contribution in [0.1, 0.15) is 12.0 Å². The van der Waals surface area contributed by atoms with E-state index in [1.54, 1.807) is 17.0 Å². The van der Waals surface area contributed by atoms with Crippen LogP contribution in [0.2, 0.25) is 0 Å². The van der Waals surface area contributed by atoms with Crippen LogP contribution in [0, 0.1) is 11.6 Å². The zero-order chi connectivity index (χ0) is 19.4. The monoisotopic (exact) mass is 394 g/mol. The Labute approximate surface area is 157 Å². The second-order valence-electron chi connectivity index (χ2n) is 6.37. The number of carbonyl (C=O) groups excluding carboxylic acids is 1. The van der Waals surface area contributed by atoms with E-state index in [1.807, 2.05) is 0 Å². The van der Waals surface area contributed by atoms with Gasteiger partial charge in [-0.25, -0.2) is 17.2 Å². The van der Waals surface area contributed by atoms with E-state index in [0.717, 1.165) is 11.6 Å². The fraction of sp³-hybridized carbons (Fsp3) is 0.316. The van der Waals surface area contributed by atoms with E-state index in [2.05, 4.69) is 0 Å². The zero-order valence-corrected chi connectivity index (χ0v) is 15.5. The first-order valence-electron chi connectivity index (χ1n) is 8.64. The summed E-state index contributed by atoms with van der Waals surface area (Å²) in [5.74, 6) is -1.04. The number of hydrogen-bond donors (Lipinski definition) is 0. The average molecular weight is 394 g/mol. The van der Waals surface area contributed by atoms with Crippen molar-refractivity contribution in [2.75, 3.05) is 26.2 Å². The van der Waals surface area contributed by atoms with Crippen LogP contribution in [0.15, 0.2) is 53.4 Å². The number of rotatable bonds is 5. The van der Waals surface area contributed by atoms with E-state index in [-0.39, 0.29) is 49.2 Å². The molecule has 0 N–H and O–H groups in total. The Kier molecular flexibility index (Phi) is 5.86. The summed E-state index contributed by atoms with van der Waals surface area (Å²) in [5, 5.41) is 0. The van der Waals surface area contributed by atoms with Gasteiger partial charge < -0.3 is 4.90 Å². The fourth-order valence-electron chi connectivity index (χ4n) is 3.06. The molecule has 1 saturated heterocycles. The molecule has 2 aromatic rings. The third-order valence-corrected chi connectivity index (χ3v) is 6.44. The number of benzene rings is 2. The van der Waals surface area contributed by atoms with Gasteiger partial charge in [0.15, 0.2) is 0 Å². The molecule has 1 amide bonds. The van der Waals surface area contributed by atoms with E-state index in [0.29, 0.717) is 6.42 Å². The van der Waals surface area contributed by atoms with E-state index in [4.69, 9.17) is 0 Å². The van der Waals surface area contributed by atoms with Gasteiger partial charge in [-0.15, -0.1) is 0 Å². The summed E-state index contributed by atoms with van der Waals surface area (Å²) in [6.45, 7) is 0.863. The van der Waals surface area contributed by atoms with Crippen LogP contribution in [0.25, 0.3) is 0 Å². The summed E-state index contributed by atoms with van der Waals surface area (Å²) >= 11 is 0. The largest absolute Gasteiger partial charge is 0.340 e. The molecule has 0 saturated carbocycles. The lowest BCUT2D eigenvalue weighted by Gasteiger charge is -2.34. The summed E-state index contributed by atoms with van der Waals surface area (Å²) in [7, 11) is -3.78. The number of sulfonamides is 1. The zero-order valence-electron chi connectivity index (χ0n) is 14.6. The number of piperazine rings is 1. The van der Waals surface area contributed by atoms with Gasteiger partial charge in [0.25, 0.3) is 0 Å².